The highest BCUT2D eigenvalue weighted by atomic mass is 35.5. The molecule has 31 heavy (non-hydrogen) atoms. The Kier molecular flexibility index (Phi) is 4.64. The monoisotopic (exact) mass is 424 g/mol. The van der Waals surface area contributed by atoms with Crippen LogP contribution in [0.4, 0.5) is 0 Å². The van der Waals surface area contributed by atoms with E-state index in [0.717, 1.165) is 27.3 Å². The molecule has 5 aromatic rings. The predicted molar refractivity (Wildman–Crippen MR) is 133 cm³/mol. The third-order valence-electron chi connectivity index (χ3n) is 6.05. The Labute approximate surface area is 188 Å². The Bertz CT molecular complexity index is 1400. The number of rotatable bonds is 2. The zero-order valence-electron chi connectivity index (χ0n) is 18.3. The molecular formula is C28H25ClN2. The molecular weight excluding hydrogens is 400 g/mol. The van der Waals surface area contributed by atoms with E-state index in [4.69, 9.17) is 16.6 Å². The van der Waals surface area contributed by atoms with Crippen molar-refractivity contribution in [1.82, 2.24) is 9.55 Å². The van der Waals surface area contributed by atoms with Gasteiger partial charge in [-0.2, -0.15) is 0 Å². The van der Waals surface area contributed by atoms with Gasteiger partial charge in [-0.3, -0.25) is 0 Å². The van der Waals surface area contributed by atoms with E-state index in [2.05, 4.69) is 87.0 Å². The fraction of sp³-hybridized carbons (Fsp3) is 0.179. The molecule has 0 aliphatic rings. The molecule has 0 aliphatic heterocycles. The highest BCUT2D eigenvalue weighted by molar-refractivity contribution is 6.30. The summed E-state index contributed by atoms with van der Waals surface area (Å²) in [7, 11) is 2.13. The standard InChI is InChI=1S/C28H25ClN2/c1-28(2,3)20-13-9-18(10-14-20)23-17-24(19-11-15-21(29)16-12-19)30-26-22-7-5-6-8-25(22)31(4)27(23)26/h5-17H,1-4H3. The third-order valence-corrected chi connectivity index (χ3v) is 6.30. The Morgan fingerprint density at radius 3 is 2.13 bits per heavy atom. The van der Waals surface area contributed by atoms with Crippen LogP contribution in [-0.4, -0.2) is 9.55 Å². The normalized spacial score (nSPS) is 12.0. The summed E-state index contributed by atoms with van der Waals surface area (Å²) in [6.07, 6.45) is 0. The van der Waals surface area contributed by atoms with Crippen LogP contribution in [0.25, 0.3) is 44.3 Å². The van der Waals surface area contributed by atoms with E-state index in [-0.39, 0.29) is 5.41 Å². The van der Waals surface area contributed by atoms with Gasteiger partial charge in [-0.05, 0) is 40.8 Å². The van der Waals surface area contributed by atoms with Crippen LogP contribution in [-0.2, 0) is 12.5 Å². The molecule has 0 atom stereocenters. The fourth-order valence-electron chi connectivity index (χ4n) is 4.29. The third kappa shape index (κ3) is 3.41. The molecule has 0 unspecified atom stereocenters. The Balaban J connectivity index is 1.82. The van der Waals surface area contributed by atoms with Crippen LogP contribution in [0.15, 0.2) is 78.9 Å². The van der Waals surface area contributed by atoms with Gasteiger partial charge in [0.1, 0.15) is 0 Å². The molecule has 3 aromatic carbocycles. The van der Waals surface area contributed by atoms with E-state index in [1.165, 1.54) is 27.6 Å². The van der Waals surface area contributed by atoms with Crippen molar-refractivity contribution in [2.24, 2.45) is 7.05 Å². The number of aryl methyl sites for hydroxylation is 1. The summed E-state index contributed by atoms with van der Waals surface area (Å²) in [4.78, 5) is 5.10. The molecule has 0 aliphatic carbocycles. The average Bonchev–Trinajstić information content (AvgIpc) is 3.06. The molecule has 0 radical (unpaired) electrons. The lowest BCUT2D eigenvalue weighted by molar-refractivity contribution is 0.590. The van der Waals surface area contributed by atoms with Gasteiger partial charge in [0.05, 0.1) is 22.2 Å². The van der Waals surface area contributed by atoms with Crippen molar-refractivity contribution in [2.45, 2.75) is 26.2 Å². The SMILES string of the molecule is Cn1c2ccccc2c2nc(-c3ccc(Cl)cc3)cc(-c3ccc(C(C)(C)C)cc3)c21. The molecule has 0 saturated carbocycles. The number of nitrogens with zero attached hydrogens (tertiary/aromatic N) is 2. The molecule has 0 spiro atoms. The van der Waals surface area contributed by atoms with Crippen molar-refractivity contribution in [3.63, 3.8) is 0 Å². The Morgan fingerprint density at radius 1 is 0.806 bits per heavy atom. The second kappa shape index (κ2) is 7.25. The van der Waals surface area contributed by atoms with E-state index in [1.807, 2.05) is 24.3 Å². The molecule has 3 heteroatoms. The molecule has 154 valence electrons. The molecule has 0 fully saturated rings. The fourth-order valence-corrected chi connectivity index (χ4v) is 4.42. The number of pyridine rings is 1. The summed E-state index contributed by atoms with van der Waals surface area (Å²) in [5.74, 6) is 0. The van der Waals surface area contributed by atoms with Gasteiger partial charge in [-0.1, -0.05) is 87.0 Å². The van der Waals surface area contributed by atoms with E-state index in [9.17, 15) is 0 Å². The Hall–Kier alpha value is -3.10. The van der Waals surface area contributed by atoms with Gasteiger partial charge < -0.3 is 4.57 Å². The molecule has 5 rings (SSSR count). The first-order valence-electron chi connectivity index (χ1n) is 10.6. The van der Waals surface area contributed by atoms with Crippen LogP contribution in [0.5, 0.6) is 0 Å². The zero-order chi connectivity index (χ0) is 21.8. The number of benzene rings is 3. The van der Waals surface area contributed by atoms with Gasteiger partial charge in [-0.25, -0.2) is 4.98 Å². The first-order chi connectivity index (χ1) is 14.8. The molecule has 0 amide bonds. The predicted octanol–water partition coefficient (Wildman–Crippen LogP) is 8.01. The average molecular weight is 425 g/mol. The summed E-state index contributed by atoms with van der Waals surface area (Å²) < 4.78 is 2.26. The van der Waals surface area contributed by atoms with Gasteiger partial charge >= 0.3 is 0 Å². The van der Waals surface area contributed by atoms with Crippen LogP contribution >= 0.6 is 11.6 Å². The van der Waals surface area contributed by atoms with Gasteiger partial charge in [-0.15, -0.1) is 0 Å². The lowest BCUT2D eigenvalue weighted by atomic mass is 9.86. The lowest BCUT2D eigenvalue weighted by Crippen LogP contribution is -2.10. The number of hydrogen-bond acceptors (Lipinski definition) is 1. The molecule has 2 aromatic heterocycles. The molecule has 0 bridgehead atoms. The van der Waals surface area contributed by atoms with Crippen molar-refractivity contribution in [2.75, 3.05) is 0 Å². The van der Waals surface area contributed by atoms with Gasteiger partial charge in [0.15, 0.2) is 0 Å². The minimum Gasteiger partial charge on any atom is -0.342 e. The van der Waals surface area contributed by atoms with Crippen molar-refractivity contribution >= 4 is 33.5 Å². The number of fused-ring (bicyclic) bond motifs is 3. The molecule has 2 nitrogen and oxygen atoms in total. The van der Waals surface area contributed by atoms with Gasteiger partial charge in [0.25, 0.3) is 0 Å². The van der Waals surface area contributed by atoms with Crippen molar-refractivity contribution in [1.29, 1.82) is 0 Å². The quantitative estimate of drug-likeness (QED) is 0.280. The first kappa shape index (κ1) is 19.8. The topological polar surface area (TPSA) is 17.8 Å². The van der Waals surface area contributed by atoms with Crippen LogP contribution in [0, 0.1) is 0 Å². The molecule has 2 heterocycles. The van der Waals surface area contributed by atoms with E-state index in [0.29, 0.717) is 0 Å². The van der Waals surface area contributed by atoms with Crippen molar-refractivity contribution in [3.05, 3.63) is 89.4 Å². The van der Waals surface area contributed by atoms with Gasteiger partial charge in [0, 0.05) is 28.6 Å². The Morgan fingerprint density at radius 2 is 1.45 bits per heavy atom. The van der Waals surface area contributed by atoms with Crippen LogP contribution in [0.2, 0.25) is 5.02 Å². The highest BCUT2D eigenvalue weighted by Gasteiger charge is 2.18. The van der Waals surface area contributed by atoms with Crippen LogP contribution < -0.4 is 0 Å². The summed E-state index contributed by atoms with van der Waals surface area (Å²) in [6.45, 7) is 6.74. The van der Waals surface area contributed by atoms with Crippen LogP contribution in [0.1, 0.15) is 26.3 Å². The summed E-state index contributed by atoms with van der Waals surface area (Å²) in [6, 6.07) is 27.5. The second-order valence-electron chi connectivity index (χ2n) is 9.16. The highest BCUT2D eigenvalue weighted by Crippen LogP contribution is 2.37. The first-order valence-corrected chi connectivity index (χ1v) is 11.0. The maximum absolute atomic E-state index is 6.13. The summed E-state index contributed by atoms with van der Waals surface area (Å²) in [5, 5.41) is 1.90. The maximum Gasteiger partial charge on any atom is 0.0973 e. The van der Waals surface area contributed by atoms with E-state index in [1.54, 1.807) is 0 Å². The second-order valence-corrected chi connectivity index (χ2v) is 9.60. The smallest absolute Gasteiger partial charge is 0.0973 e. The summed E-state index contributed by atoms with van der Waals surface area (Å²) >= 11 is 6.13. The number of halogens is 1. The molecule has 0 N–H and O–H groups in total. The van der Waals surface area contributed by atoms with E-state index >= 15 is 0 Å². The number of aromatic nitrogens is 2. The zero-order valence-corrected chi connectivity index (χ0v) is 19.0. The minimum absolute atomic E-state index is 0.125. The van der Waals surface area contributed by atoms with E-state index < -0.39 is 0 Å². The molecule has 0 saturated heterocycles. The number of hydrogen-bond donors (Lipinski definition) is 0. The van der Waals surface area contributed by atoms with Crippen molar-refractivity contribution in [3.8, 4) is 22.4 Å². The van der Waals surface area contributed by atoms with Gasteiger partial charge in [0.2, 0.25) is 0 Å². The largest absolute Gasteiger partial charge is 0.342 e. The minimum atomic E-state index is 0.125. The maximum atomic E-state index is 6.13. The summed E-state index contributed by atoms with van der Waals surface area (Å²) in [5.41, 5.74) is 9.23. The lowest BCUT2D eigenvalue weighted by Gasteiger charge is -2.19. The number of para-hydroxylation sites is 1. The van der Waals surface area contributed by atoms with Crippen LogP contribution in [0.3, 0.4) is 0 Å². The van der Waals surface area contributed by atoms with Crippen molar-refractivity contribution < 1.29 is 0 Å².